The number of hydrogen-bond acceptors (Lipinski definition) is 7. The van der Waals surface area contributed by atoms with Crippen LogP contribution in [-0.2, 0) is 9.59 Å². The summed E-state index contributed by atoms with van der Waals surface area (Å²) in [6.45, 7) is 0. The Morgan fingerprint density at radius 3 is 2.45 bits per heavy atom. The highest BCUT2D eigenvalue weighted by atomic mass is 32.2. The van der Waals surface area contributed by atoms with Crippen molar-refractivity contribution in [1.29, 1.82) is 0 Å². The zero-order valence-corrected chi connectivity index (χ0v) is 18.0. The summed E-state index contributed by atoms with van der Waals surface area (Å²) in [6.07, 6.45) is 3.47. The van der Waals surface area contributed by atoms with Crippen LogP contribution in [-0.4, -0.2) is 41.6 Å². The van der Waals surface area contributed by atoms with Gasteiger partial charge >= 0.3 is 0 Å². The minimum Gasteiger partial charge on any atom is -0.274 e. The number of anilines is 1. The molecule has 2 amide bonds. The molecular formula is C24H16N6O2S. The van der Waals surface area contributed by atoms with Crippen LogP contribution in [0.1, 0.15) is 6.42 Å². The van der Waals surface area contributed by atoms with Crippen LogP contribution in [0.25, 0.3) is 27.9 Å². The number of thioether (sulfide) groups is 1. The molecule has 1 aliphatic rings. The summed E-state index contributed by atoms with van der Waals surface area (Å²) >= 11 is 1.24. The molecule has 4 heterocycles. The van der Waals surface area contributed by atoms with Crippen LogP contribution in [0.15, 0.2) is 84.3 Å². The van der Waals surface area contributed by atoms with Crippen LogP contribution >= 0.6 is 11.8 Å². The zero-order valence-electron chi connectivity index (χ0n) is 17.2. The van der Waals surface area contributed by atoms with Gasteiger partial charge in [0.1, 0.15) is 5.25 Å². The highest BCUT2D eigenvalue weighted by molar-refractivity contribution is 8.00. The third kappa shape index (κ3) is 3.33. The largest absolute Gasteiger partial charge is 0.274 e. The van der Waals surface area contributed by atoms with Gasteiger partial charge in [-0.15, -0.1) is 5.10 Å². The topological polar surface area (TPSA) is 93.3 Å². The first kappa shape index (κ1) is 19.6. The number of amides is 2. The SMILES string of the molecule is O=C1C[C@@H](Sc2nc3ccccc3c3nc(-c4ccncc4)nn23)C(=O)N1c1ccccc1. The molecule has 3 aromatic heterocycles. The van der Waals surface area contributed by atoms with Crippen LogP contribution in [0.5, 0.6) is 0 Å². The number of hydrogen-bond donors (Lipinski definition) is 0. The van der Waals surface area contributed by atoms with E-state index in [-0.39, 0.29) is 18.2 Å². The Kier molecular flexibility index (Phi) is 4.62. The predicted molar refractivity (Wildman–Crippen MR) is 125 cm³/mol. The van der Waals surface area contributed by atoms with E-state index in [2.05, 4.69) is 10.1 Å². The molecule has 1 aliphatic heterocycles. The van der Waals surface area contributed by atoms with E-state index in [9.17, 15) is 9.59 Å². The first-order valence-electron chi connectivity index (χ1n) is 10.3. The number of imide groups is 1. The minimum atomic E-state index is -0.594. The van der Waals surface area contributed by atoms with Gasteiger partial charge in [-0.1, -0.05) is 42.1 Å². The average Bonchev–Trinajstić information content (AvgIpc) is 3.42. The number of benzene rings is 2. The van der Waals surface area contributed by atoms with Crippen molar-refractivity contribution in [2.45, 2.75) is 16.8 Å². The van der Waals surface area contributed by atoms with Crippen LogP contribution in [0.4, 0.5) is 5.69 Å². The molecule has 1 fully saturated rings. The van der Waals surface area contributed by atoms with Crippen LogP contribution < -0.4 is 4.90 Å². The number of fused-ring (bicyclic) bond motifs is 3. The van der Waals surface area contributed by atoms with Crippen molar-refractivity contribution in [3.05, 3.63) is 79.1 Å². The number of carbonyl (C=O) groups excluding carboxylic acids is 2. The quantitative estimate of drug-likeness (QED) is 0.303. The summed E-state index contributed by atoms with van der Waals surface area (Å²) in [6, 6.07) is 20.3. The van der Waals surface area contributed by atoms with E-state index in [1.54, 1.807) is 41.2 Å². The molecule has 8 nitrogen and oxygen atoms in total. The van der Waals surface area contributed by atoms with Crippen molar-refractivity contribution in [2.24, 2.45) is 0 Å². The summed E-state index contributed by atoms with van der Waals surface area (Å²) in [4.78, 5) is 40.6. The summed E-state index contributed by atoms with van der Waals surface area (Å²) in [5.74, 6) is 0.0581. The molecular weight excluding hydrogens is 436 g/mol. The van der Waals surface area contributed by atoms with Gasteiger partial charge in [0.05, 0.1) is 11.2 Å². The summed E-state index contributed by atoms with van der Waals surface area (Å²) in [7, 11) is 0. The van der Waals surface area contributed by atoms with Crippen molar-refractivity contribution in [3.63, 3.8) is 0 Å². The lowest BCUT2D eigenvalue weighted by Gasteiger charge is -2.14. The van der Waals surface area contributed by atoms with Crippen molar-refractivity contribution in [3.8, 4) is 11.4 Å². The monoisotopic (exact) mass is 452 g/mol. The fourth-order valence-electron chi connectivity index (χ4n) is 3.90. The zero-order chi connectivity index (χ0) is 22.4. The molecule has 0 bridgehead atoms. The van der Waals surface area contributed by atoms with Gasteiger partial charge in [0.25, 0.3) is 0 Å². The van der Waals surface area contributed by atoms with Crippen molar-refractivity contribution < 1.29 is 9.59 Å². The van der Waals surface area contributed by atoms with Gasteiger partial charge in [0, 0.05) is 29.8 Å². The van der Waals surface area contributed by atoms with Crippen LogP contribution in [0, 0.1) is 0 Å². The molecule has 6 rings (SSSR count). The third-order valence-corrected chi connectivity index (χ3v) is 6.58. The van der Waals surface area contributed by atoms with Gasteiger partial charge in [-0.2, -0.15) is 4.52 Å². The molecule has 0 N–H and O–H groups in total. The Bertz CT molecular complexity index is 1520. The number of carbonyl (C=O) groups is 2. The fourth-order valence-corrected chi connectivity index (χ4v) is 4.97. The average molecular weight is 452 g/mol. The van der Waals surface area contributed by atoms with Crippen LogP contribution in [0.2, 0.25) is 0 Å². The Labute approximate surface area is 192 Å². The number of aromatic nitrogens is 5. The van der Waals surface area contributed by atoms with E-state index in [0.717, 1.165) is 16.5 Å². The van der Waals surface area contributed by atoms with Gasteiger partial charge < -0.3 is 0 Å². The highest BCUT2D eigenvalue weighted by Crippen LogP contribution is 2.35. The maximum atomic E-state index is 13.2. The lowest BCUT2D eigenvalue weighted by Crippen LogP contribution is -2.31. The lowest BCUT2D eigenvalue weighted by molar-refractivity contribution is -0.121. The molecule has 160 valence electrons. The Balaban J connectivity index is 1.43. The molecule has 9 heteroatoms. The van der Waals surface area contributed by atoms with Gasteiger partial charge in [-0.25, -0.2) is 14.9 Å². The van der Waals surface area contributed by atoms with Crippen LogP contribution in [0.3, 0.4) is 0 Å². The van der Waals surface area contributed by atoms with Gasteiger partial charge in [0.15, 0.2) is 16.6 Å². The molecule has 0 unspecified atom stereocenters. The van der Waals surface area contributed by atoms with E-state index in [1.165, 1.54) is 16.7 Å². The van der Waals surface area contributed by atoms with Crippen molar-refractivity contribution in [1.82, 2.24) is 24.6 Å². The fraction of sp³-hybridized carbons (Fsp3) is 0.0833. The van der Waals surface area contributed by atoms with Gasteiger partial charge in [-0.05, 0) is 36.4 Å². The van der Waals surface area contributed by atoms with Crippen molar-refractivity contribution >= 4 is 45.8 Å². The normalized spacial score (nSPS) is 16.2. The molecule has 5 aromatic rings. The second kappa shape index (κ2) is 7.79. The Morgan fingerprint density at radius 1 is 0.879 bits per heavy atom. The molecule has 0 radical (unpaired) electrons. The van der Waals surface area contributed by atoms with E-state index < -0.39 is 5.25 Å². The first-order chi connectivity index (χ1) is 16.2. The first-order valence-corrected chi connectivity index (χ1v) is 11.2. The second-order valence-corrected chi connectivity index (χ2v) is 8.70. The molecule has 1 saturated heterocycles. The van der Waals surface area contributed by atoms with Crippen molar-refractivity contribution in [2.75, 3.05) is 4.90 Å². The highest BCUT2D eigenvalue weighted by Gasteiger charge is 2.41. The summed E-state index contributed by atoms with van der Waals surface area (Å²) < 4.78 is 1.66. The molecule has 2 aromatic carbocycles. The van der Waals surface area contributed by atoms with E-state index >= 15 is 0 Å². The van der Waals surface area contributed by atoms with Gasteiger partial charge in [-0.3, -0.25) is 14.6 Å². The molecule has 0 spiro atoms. The summed E-state index contributed by atoms with van der Waals surface area (Å²) in [5, 5.41) is 5.45. The number of nitrogens with zero attached hydrogens (tertiary/aromatic N) is 6. The number of rotatable bonds is 4. The molecule has 1 atom stereocenters. The maximum absolute atomic E-state index is 13.2. The smallest absolute Gasteiger partial charge is 0.247 e. The van der Waals surface area contributed by atoms with E-state index in [4.69, 9.17) is 9.97 Å². The maximum Gasteiger partial charge on any atom is 0.247 e. The second-order valence-electron chi connectivity index (χ2n) is 7.53. The molecule has 33 heavy (non-hydrogen) atoms. The number of pyridine rings is 1. The van der Waals surface area contributed by atoms with E-state index in [0.29, 0.717) is 22.3 Å². The molecule has 0 saturated carbocycles. The standard InChI is InChI=1S/C24H16N6O2S/c31-20-14-19(23(32)29(20)16-6-2-1-3-7-16)33-24-26-18-9-5-4-8-17(18)22-27-21(28-30(22)24)15-10-12-25-13-11-15/h1-13,19H,14H2/t19-/m1/s1. The third-order valence-electron chi connectivity index (χ3n) is 5.46. The predicted octanol–water partition coefficient (Wildman–Crippen LogP) is 3.76. The number of para-hydroxylation sites is 2. The Morgan fingerprint density at radius 2 is 1.64 bits per heavy atom. The lowest BCUT2D eigenvalue weighted by atomic mass is 10.2. The van der Waals surface area contributed by atoms with Gasteiger partial charge in [0.2, 0.25) is 11.8 Å². The summed E-state index contributed by atoms with van der Waals surface area (Å²) in [5.41, 5.74) is 2.80. The molecule has 0 aliphatic carbocycles. The van der Waals surface area contributed by atoms with E-state index in [1.807, 2.05) is 42.5 Å². The Hall–Kier alpha value is -4.11. The minimum absolute atomic E-state index is 0.0975.